The van der Waals surface area contributed by atoms with E-state index in [9.17, 15) is 0 Å². The van der Waals surface area contributed by atoms with Crippen LogP contribution in [0.4, 0.5) is 0 Å². The molecule has 0 aliphatic carbocycles. The van der Waals surface area contributed by atoms with Crippen molar-refractivity contribution in [2.75, 3.05) is 20.2 Å². The molecule has 14 heavy (non-hydrogen) atoms. The van der Waals surface area contributed by atoms with Crippen molar-refractivity contribution < 1.29 is 4.74 Å². The lowest BCUT2D eigenvalue weighted by molar-refractivity contribution is -0.0617. The van der Waals surface area contributed by atoms with Crippen LogP contribution in [0.5, 0.6) is 0 Å². The first-order chi connectivity index (χ1) is 6.63. The molecule has 1 aromatic carbocycles. The van der Waals surface area contributed by atoms with E-state index in [0.717, 1.165) is 17.6 Å². The molecule has 0 spiro atoms. The number of benzene rings is 1. The number of nitrogens with zero attached hydrogens (tertiary/aromatic N) is 1. The third-order valence-corrected chi connectivity index (χ3v) is 3.45. The van der Waals surface area contributed by atoms with Crippen molar-refractivity contribution in [3.8, 4) is 0 Å². The fraction of sp³-hybridized carbons (Fsp3) is 0.455. The van der Waals surface area contributed by atoms with Gasteiger partial charge in [0.15, 0.2) is 0 Å². The molecule has 0 aromatic heterocycles. The van der Waals surface area contributed by atoms with Gasteiger partial charge in [0, 0.05) is 11.0 Å². The second-order valence-corrected chi connectivity index (χ2v) is 4.68. The Bertz CT molecular complexity index is 325. The topological polar surface area (TPSA) is 12.5 Å². The number of likely N-dealkylation sites (N-methyl/N-ethyl adjacent to an activating group) is 1. The summed E-state index contributed by atoms with van der Waals surface area (Å²) in [4.78, 5) is 2.23. The molecular weight excluding hydrogens is 242 g/mol. The fourth-order valence-electron chi connectivity index (χ4n) is 1.77. The molecule has 76 valence electrons. The van der Waals surface area contributed by atoms with Gasteiger partial charge in [-0.2, -0.15) is 0 Å². The third kappa shape index (κ3) is 1.60. The largest absolute Gasteiger partial charge is 0.355 e. The number of ether oxygens (including phenoxy) is 1. The first-order valence-corrected chi connectivity index (χ1v) is 5.53. The van der Waals surface area contributed by atoms with Crippen molar-refractivity contribution in [3.05, 3.63) is 34.3 Å². The van der Waals surface area contributed by atoms with Crippen molar-refractivity contribution in [1.29, 1.82) is 0 Å². The minimum absolute atomic E-state index is 0.249. The SMILES string of the molecule is CN1CCO[C@]1(C)c1ccc(Br)cc1. The van der Waals surface area contributed by atoms with Crippen LogP contribution < -0.4 is 0 Å². The standard InChI is InChI=1S/C11H14BrNO/c1-11(13(2)7-8-14-11)9-3-5-10(12)6-4-9/h3-6H,7-8H2,1-2H3/t11-/m1/s1. The molecule has 0 bridgehead atoms. The van der Waals surface area contributed by atoms with Gasteiger partial charge >= 0.3 is 0 Å². The van der Waals surface area contributed by atoms with Crippen LogP contribution in [-0.2, 0) is 10.5 Å². The molecule has 0 saturated carbocycles. The lowest BCUT2D eigenvalue weighted by atomic mass is 10.0. The Labute approximate surface area is 93.0 Å². The smallest absolute Gasteiger partial charge is 0.144 e. The highest BCUT2D eigenvalue weighted by molar-refractivity contribution is 9.10. The van der Waals surface area contributed by atoms with Crippen LogP contribution in [0.15, 0.2) is 28.7 Å². The summed E-state index contributed by atoms with van der Waals surface area (Å²) in [5.74, 6) is 0. The quantitative estimate of drug-likeness (QED) is 0.765. The molecule has 0 N–H and O–H groups in total. The summed E-state index contributed by atoms with van der Waals surface area (Å²) in [6.45, 7) is 3.92. The number of rotatable bonds is 1. The molecular formula is C11H14BrNO. The molecule has 1 heterocycles. The predicted octanol–water partition coefficient (Wildman–Crippen LogP) is 2.58. The Balaban J connectivity index is 2.34. The minimum atomic E-state index is -0.249. The molecule has 0 radical (unpaired) electrons. The molecule has 1 aromatic rings. The monoisotopic (exact) mass is 255 g/mol. The van der Waals surface area contributed by atoms with E-state index in [1.807, 2.05) is 0 Å². The molecule has 3 heteroatoms. The summed E-state index contributed by atoms with van der Waals surface area (Å²) in [5, 5.41) is 0. The van der Waals surface area contributed by atoms with Gasteiger partial charge in [0.25, 0.3) is 0 Å². The van der Waals surface area contributed by atoms with Gasteiger partial charge in [0.2, 0.25) is 0 Å². The van der Waals surface area contributed by atoms with E-state index in [2.05, 4.69) is 59.1 Å². The Morgan fingerprint density at radius 2 is 2.00 bits per heavy atom. The van der Waals surface area contributed by atoms with Crippen LogP contribution in [0, 0.1) is 0 Å². The highest BCUT2D eigenvalue weighted by atomic mass is 79.9. The zero-order chi connectivity index (χ0) is 10.2. The van der Waals surface area contributed by atoms with Gasteiger partial charge in [0.1, 0.15) is 5.72 Å². The van der Waals surface area contributed by atoms with Gasteiger partial charge in [-0.15, -0.1) is 0 Å². The Hall–Kier alpha value is -0.380. The first-order valence-electron chi connectivity index (χ1n) is 4.74. The summed E-state index contributed by atoms with van der Waals surface area (Å²) in [6.07, 6.45) is 0. The van der Waals surface area contributed by atoms with Gasteiger partial charge in [0.05, 0.1) is 6.61 Å². The van der Waals surface area contributed by atoms with Gasteiger partial charge in [-0.05, 0) is 31.7 Å². The maximum Gasteiger partial charge on any atom is 0.144 e. The van der Waals surface area contributed by atoms with Crippen molar-refractivity contribution >= 4 is 15.9 Å². The van der Waals surface area contributed by atoms with Crippen molar-refractivity contribution in [2.24, 2.45) is 0 Å². The summed E-state index contributed by atoms with van der Waals surface area (Å²) in [6, 6.07) is 8.31. The highest BCUT2D eigenvalue weighted by Crippen LogP contribution is 2.32. The van der Waals surface area contributed by atoms with Crippen LogP contribution in [0.3, 0.4) is 0 Å². The third-order valence-electron chi connectivity index (χ3n) is 2.92. The molecule has 2 nitrogen and oxygen atoms in total. The average Bonchev–Trinajstić information content (AvgIpc) is 2.49. The second kappa shape index (κ2) is 3.65. The van der Waals surface area contributed by atoms with Crippen LogP contribution in [0.25, 0.3) is 0 Å². The van der Waals surface area contributed by atoms with Crippen molar-refractivity contribution in [1.82, 2.24) is 4.90 Å². The van der Waals surface area contributed by atoms with Gasteiger partial charge in [-0.1, -0.05) is 28.1 Å². The van der Waals surface area contributed by atoms with E-state index in [4.69, 9.17) is 4.74 Å². The summed E-state index contributed by atoms with van der Waals surface area (Å²) >= 11 is 3.43. The highest BCUT2D eigenvalue weighted by Gasteiger charge is 2.36. The number of halogens is 1. The lowest BCUT2D eigenvalue weighted by Gasteiger charge is -2.31. The molecule has 2 rings (SSSR count). The normalized spacial score (nSPS) is 28.2. The zero-order valence-corrected chi connectivity index (χ0v) is 10.0. The van der Waals surface area contributed by atoms with Gasteiger partial charge in [-0.25, -0.2) is 0 Å². The van der Waals surface area contributed by atoms with Crippen molar-refractivity contribution in [2.45, 2.75) is 12.6 Å². The van der Waals surface area contributed by atoms with E-state index < -0.39 is 0 Å². The molecule has 1 fully saturated rings. The van der Waals surface area contributed by atoms with E-state index >= 15 is 0 Å². The summed E-state index contributed by atoms with van der Waals surface area (Å²) < 4.78 is 6.89. The molecule has 0 unspecified atom stereocenters. The van der Waals surface area contributed by atoms with E-state index in [0.29, 0.717) is 0 Å². The van der Waals surface area contributed by atoms with E-state index in [-0.39, 0.29) is 5.72 Å². The predicted molar refractivity (Wildman–Crippen MR) is 60.1 cm³/mol. The second-order valence-electron chi connectivity index (χ2n) is 3.76. The first kappa shape index (κ1) is 10.1. The fourth-order valence-corrected chi connectivity index (χ4v) is 2.03. The summed E-state index contributed by atoms with van der Waals surface area (Å²) in [7, 11) is 2.09. The number of hydrogen-bond acceptors (Lipinski definition) is 2. The number of hydrogen-bond donors (Lipinski definition) is 0. The molecule has 1 atom stereocenters. The van der Waals surface area contributed by atoms with E-state index in [1.165, 1.54) is 5.56 Å². The molecule has 1 aliphatic heterocycles. The van der Waals surface area contributed by atoms with Crippen LogP contribution in [0.2, 0.25) is 0 Å². The Morgan fingerprint density at radius 1 is 1.36 bits per heavy atom. The minimum Gasteiger partial charge on any atom is -0.355 e. The molecule has 1 aliphatic rings. The average molecular weight is 256 g/mol. The van der Waals surface area contributed by atoms with Crippen LogP contribution in [0.1, 0.15) is 12.5 Å². The Kier molecular flexibility index (Phi) is 2.64. The van der Waals surface area contributed by atoms with Gasteiger partial charge < -0.3 is 4.74 Å². The molecule has 0 amide bonds. The lowest BCUT2D eigenvalue weighted by Crippen LogP contribution is -2.36. The van der Waals surface area contributed by atoms with E-state index in [1.54, 1.807) is 0 Å². The molecule has 1 saturated heterocycles. The maximum absolute atomic E-state index is 5.79. The van der Waals surface area contributed by atoms with Crippen LogP contribution in [-0.4, -0.2) is 25.1 Å². The zero-order valence-electron chi connectivity index (χ0n) is 8.46. The maximum atomic E-state index is 5.79. The van der Waals surface area contributed by atoms with Crippen molar-refractivity contribution in [3.63, 3.8) is 0 Å². The summed E-state index contributed by atoms with van der Waals surface area (Å²) in [5.41, 5.74) is 0.960. The van der Waals surface area contributed by atoms with Crippen LogP contribution >= 0.6 is 15.9 Å². The van der Waals surface area contributed by atoms with Gasteiger partial charge in [-0.3, -0.25) is 4.90 Å². The Morgan fingerprint density at radius 3 is 2.50 bits per heavy atom.